The monoisotopic (exact) mass is 515 g/mol. The van der Waals surface area contributed by atoms with Gasteiger partial charge in [-0.2, -0.15) is 5.26 Å². The van der Waals surface area contributed by atoms with E-state index < -0.39 is 17.4 Å². The van der Waals surface area contributed by atoms with E-state index in [-0.39, 0.29) is 11.1 Å². The molecular formula is C27H22BrN3O3. The first-order valence-corrected chi connectivity index (χ1v) is 11.7. The van der Waals surface area contributed by atoms with Gasteiger partial charge in [0.2, 0.25) is 0 Å². The molecule has 1 aliphatic carbocycles. The largest absolute Gasteiger partial charge is 0.478 e. The molecule has 4 rings (SSSR count). The van der Waals surface area contributed by atoms with E-state index in [0.717, 1.165) is 42.4 Å². The second-order valence-electron chi connectivity index (χ2n) is 8.26. The topological polar surface area (TPSA) is 103 Å². The number of carboxylic acids is 1. The number of hydrogen-bond acceptors (Lipinski definition) is 4. The fourth-order valence-electron chi connectivity index (χ4n) is 4.36. The van der Waals surface area contributed by atoms with Crippen LogP contribution in [0.4, 0.5) is 0 Å². The first-order valence-electron chi connectivity index (χ1n) is 10.9. The van der Waals surface area contributed by atoms with Crippen LogP contribution in [0.2, 0.25) is 0 Å². The van der Waals surface area contributed by atoms with Gasteiger partial charge in [-0.3, -0.25) is 4.79 Å². The molecule has 0 bridgehead atoms. The van der Waals surface area contributed by atoms with Crippen molar-refractivity contribution < 1.29 is 14.7 Å². The van der Waals surface area contributed by atoms with Crippen LogP contribution >= 0.6 is 15.9 Å². The third kappa shape index (κ3) is 5.08. The van der Waals surface area contributed by atoms with Crippen molar-refractivity contribution in [2.24, 2.45) is 0 Å². The fraction of sp³-hybridized carbons (Fsp3) is 0.185. The fourth-order valence-corrected chi connectivity index (χ4v) is 4.72. The van der Waals surface area contributed by atoms with Gasteiger partial charge >= 0.3 is 5.97 Å². The highest BCUT2D eigenvalue weighted by atomic mass is 79.9. The van der Waals surface area contributed by atoms with Gasteiger partial charge in [0.15, 0.2) is 0 Å². The summed E-state index contributed by atoms with van der Waals surface area (Å²) in [5, 5.41) is 22.0. The summed E-state index contributed by atoms with van der Waals surface area (Å²) in [6.45, 7) is 0. The van der Waals surface area contributed by atoms with E-state index in [1.807, 2.05) is 36.4 Å². The summed E-state index contributed by atoms with van der Waals surface area (Å²) in [6.07, 6.45) is 4.99. The van der Waals surface area contributed by atoms with E-state index in [2.05, 4.69) is 26.2 Å². The standard InChI is InChI=1S/C27H22BrN3O3/c28-24-8-4-7-23(30-24)16-21(17-29)25(32)31-27(13-1-2-14-27)22-11-9-18(10-12-22)19-5-3-6-20(15-19)26(33)34/h3-12,15-16H,1-2,13-14H2,(H,31,32)(H,33,34)/b21-16+. The predicted molar refractivity (Wildman–Crippen MR) is 133 cm³/mol. The summed E-state index contributed by atoms with van der Waals surface area (Å²) in [5.41, 5.74) is 2.87. The molecule has 0 spiro atoms. The number of aromatic carboxylic acids is 1. The number of halogens is 1. The van der Waals surface area contributed by atoms with E-state index >= 15 is 0 Å². The van der Waals surface area contributed by atoms with E-state index in [9.17, 15) is 20.0 Å². The Bertz CT molecular complexity index is 1300. The van der Waals surface area contributed by atoms with Gasteiger partial charge in [0.1, 0.15) is 16.2 Å². The quantitative estimate of drug-likeness (QED) is 0.249. The Balaban J connectivity index is 1.60. The number of carboxylic acid groups (broad SMARTS) is 1. The summed E-state index contributed by atoms with van der Waals surface area (Å²) in [7, 11) is 0. The van der Waals surface area contributed by atoms with Crippen LogP contribution in [0.1, 0.15) is 47.3 Å². The maximum absolute atomic E-state index is 13.1. The Labute approximate surface area is 206 Å². The van der Waals surface area contributed by atoms with Crippen LogP contribution in [0.25, 0.3) is 17.2 Å². The lowest BCUT2D eigenvalue weighted by molar-refractivity contribution is -0.119. The van der Waals surface area contributed by atoms with Crippen LogP contribution in [0.15, 0.2) is 76.9 Å². The molecule has 1 heterocycles. The number of carbonyl (C=O) groups is 2. The zero-order valence-corrected chi connectivity index (χ0v) is 19.9. The summed E-state index contributed by atoms with van der Waals surface area (Å²) in [6, 6.07) is 21.9. The second kappa shape index (κ2) is 10.0. The molecule has 0 unspecified atom stereocenters. The van der Waals surface area contributed by atoms with Gasteiger partial charge in [-0.1, -0.05) is 55.3 Å². The minimum absolute atomic E-state index is 0.000944. The van der Waals surface area contributed by atoms with Crippen molar-refractivity contribution >= 4 is 33.9 Å². The molecule has 2 N–H and O–H groups in total. The van der Waals surface area contributed by atoms with Crippen molar-refractivity contribution in [1.82, 2.24) is 10.3 Å². The van der Waals surface area contributed by atoms with Gasteiger partial charge in [0.25, 0.3) is 5.91 Å². The Morgan fingerprint density at radius 1 is 1.03 bits per heavy atom. The molecule has 0 aliphatic heterocycles. The number of nitrogens with zero attached hydrogens (tertiary/aromatic N) is 2. The van der Waals surface area contributed by atoms with Crippen molar-refractivity contribution in [3.05, 3.63) is 93.7 Å². The molecule has 1 fully saturated rings. The highest BCUT2D eigenvalue weighted by Gasteiger charge is 2.37. The molecule has 3 aromatic rings. The molecule has 0 radical (unpaired) electrons. The van der Waals surface area contributed by atoms with Crippen LogP contribution in [0.5, 0.6) is 0 Å². The Hall–Kier alpha value is -3.76. The number of aromatic nitrogens is 1. The molecule has 7 heteroatoms. The van der Waals surface area contributed by atoms with Crippen molar-refractivity contribution in [2.75, 3.05) is 0 Å². The Morgan fingerprint density at radius 3 is 2.38 bits per heavy atom. The van der Waals surface area contributed by atoms with Crippen LogP contribution in [-0.2, 0) is 10.3 Å². The molecule has 1 aromatic heterocycles. The van der Waals surface area contributed by atoms with Crippen molar-refractivity contribution in [1.29, 1.82) is 5.26 Å². The molecular weight excluding hydrogens is 494 g/mol. The minimum Gasteiger partial charge on any atom is -0.478 e. The molecule has 0 atom stereocenters. The van der Waals surface area contributed by atoms with E-state index in [1.54, 1.807) is 36.4 Å². The first-order chi connectivity index (χ1) is 16.4. The summed E-state index contributed by atoms with van der Waals surface area (Å²) in [4.78, 5) is 28.7. The summed E-state index contributed by atoms with van der Waals surface area (Å²) in [5.74, 6) is -1.39. The van der Waals surface area contributed by atoms with Crippen LogP contribution < -0.4 is 5.32 Å². The Morgan fingerprint density at radius 2 is 1.74 bits per heavy atom. The average Bonchev–Trinajstić information content (AvgIpc) is 3.32. The van der Waals surface area contributed by atoms with Crippen LogP contribution in [0, 0.1) is 11.3 Å². The number of rotatable bonds is 6. The number of amides is 1. The number of carbonyl (C=O) groups excluding carboxylic acids is 1. The number of hydrogen-bond donors (Lipinski definition) is 2. The van der Waals surface area contributed by atoms with Gasteiger partial charge in [0, 0.05) is 0 Å². The van der Waals surface area contributed by atoms with Crippen molar-refractivity contribution in [2.45, 2.75) is 31.2 Å². The third-order valence-corrected chi connectivity index (χ3v) is 6.53. The average molecular weight is 516 g/mol. The maximum atomic E-state index is 13.1. The van der Waals surface area contributed by atoms with Gasteiger partial charge in [-0.15, -0.1) is 0 Å². The molecule has 2 aromatic carbocycles. The predicted octanol–water partition coefficient (Wildman–Crippen LogP) is 5.70. The van der Waals surface area contributed by atoms with Gasteiger partial charge in [0.05, 0.1) is 16.8 Å². The van der Waals surface area contributed by atoms with Gasteiger partial charge in [-0.25, -0.2) is 9.78 Å². The van der Waals surface area contributed by atoms with Crippen LogP contribution in [0.3, 0.4) is 0 Å². The number of pyridine rings is 1. The maximum Gasteiger partial charge on any atom is 0.335 e. The number of nitrogens with one attached hydrogen (secondary N) is 1. The number of nitriles is 1. The molecule has 1 amide bonds. The van der Waals surface area contributed by atoms with E-state index in [4.69, 9.17) is 0 Å². The SMILES string of the molecule is N#C/C(=C\c1cccc(Br)n1)C(=O)NC1(c2ccc(-c3cccc(C(=O)O)c3)cc2)CCCC1. The van der Waals surface area contributed by atoms with Crippen LogP contribution in [-0.4, -0.2) is 22.0 Å². The van der Waals surface area contributed by atoms with E-state index in [1.165, 1.54) is 6.08 Å². The van der Waals surface area contributed by atoms with Gasteiger partial charge in [-0.05, 0) is 75.8 Å². The minimum atomic E-state index is -0.967. The zero-order chi connectivity index (χ0) is 24.1. The Kier molecular flexibility index (Phi) is 6.90. The normalized spacial score (nSPS) is 14.9. The summed E-state index contributed by atoms with van der Waals surface area (Å²) < 4.78 is 0.625. The molecule has 1 saturated carbocycles. The highest BCUT2D eigenvalue weighted by Crippen LogP contribution is 2.39. The van der Waals surface area contributed by atoms with Gasteiger partial charge < -0.3 is 10.4 Å². The third-order valence-electron chi connectivity index (χ3n) is 6.08. The van der Waals surface area contributed by atoms with Crippen molar-refractivity contribution in [3.8, 4) is 17.2 Å². The molecule has 0 saturated heterocycles. The highest BCUT2D eigenvalue weighted by molar-refractivity contribution is 9.10. The lowest BCUT2D eigenvalue weighted by atomic mass is 9.86. The van der Waals surface area contributed by atoms with Crippen molar-refractivity contribution in [3.63, 3.8) is 0 Å². The zero-order valence-electron chi connectivity index (χ0n) is 18.3. The summed E-state index contributed by atoms with van der Waals surface area (Å²) >= 11 is 3.30. The molecule has 1 aliphatic rings. The smallest absolute Gasteiger partial charge is 0.335 e. The number of benzene rings is 2. The lowest BCUT2D eigenvalue weighted by Gasteiger charge is -2.31. The lowest BCUT2D eigenvalue weighted by Crippen LogP contribution is -2.44. The van der Waals surface area contributed by atoms with E-state index in [0.29, 0.717) is 10.3 Å². The molecule has 34 heavy (non-hydrogen) atoms. The molecule has 6 nitrogen and oxygen atoms in total. The first kappa shape index (κ1) is 23.4. The second-order valence-corrected chi connectivity index (χ2v) is 9.07. The molecule has 170 valence electrons.